The molecule has 1 aromatic heterocycles. The molecule has 33 heavy (non-hydrogen) atoms. The number of aryl methyl sites for hydroxylation is 1. The number of nitrogens with zero attached hydrogens (tertiary/aromatic N) is 3. The number of carbonyl (C=O) groups excluding carboxylic acids is 1. The lowest BCUT2D eigenvalue weighted by Crippen LogP contribution is -2.30. The number of benzene rings is 2. The molecule has 0 saturated carbocycles. The molecule has 7 nitrogen and oxygen atoms in total. The van der Waals surface area contributed by atoms with Gasteiger partial charge in [-0.15, -0.1) is 0 Å². The van der Waals surface area contributed by atoms with Gasteiger partial charge >= 0.3 is 0 Å². The predicted molar refractivity (Wildman–Crippen MR) is 135 cm³/mol. The summed E-state index contributed by atoms with van der Waals surface area (Å²) in [5.41, 5.74) is 3.38. The largest absolute Gasteiger partial charge is 0.325 e. The quantitative estimate of drug-likeness (QED) is 0.409. The van der Waals surface area contributed by atoms with Crippen molar-refractivity contribution in [3.8, 4) is 0 Å². The first kappa shape index (κ1) is 25.3. The number of nitrogens with one attached hydrogen (secondary N) is 1. The third-order valence-electron chi connectivity index (χ3n) is 5.53. The van der Waals surface area contributed by atoms with Crippen LogP contribution in [0.5, 0.6) is 0 Å². The lowest BCUT2D eigenvalue weighted by atomic mass is 10.0. The minimum Gasteiger partial charge on any atom is -0.325 e. The zero-order valence-electron chi connectivity index (χ0n) is 19.8. The molecule has 0 bridgehead atoms. The lowest BCUT2D eigenvalue weighted by Gasteiger charge is -2.18. The number of para-hydroxylation sites is 1. The number of sulfonamides is 1. The van der Waals surface area contributed by atoms with Crippen molar-refractivity contribution in [3.63, 3.8) is 0 Å². The van der Waals surface area contributed by atoms with Crippen LogP contribution in [0.3, 0.4) is 0 Å². The number of anilines is 1. The van der Waals surface area contributed by atoms with Crippen LogP contribution in [0.4, 0.5) is 5.69 Å². The van der Waals surface area contributed by atoms with E-state index in [1.165, 1.54) is 16.1 Å². The minimum atomic E-state index is -3.56. The van der Waals surface area contributed by atoms with Gasteiger partial charge in [-0.1, -0.05) is 57.7 Å². The summed E-state index contributed by atoms with van der Waals surface area (Å²) in [6.45, 7) is 11.3. The first-order valence-corrected chi connectivity index (χ1v) is 13.7. The van der Waals surface area contributed by atoms with Gasteiger partial charge in [-0.05, 0) is 42.7 Å². The highest BCUT2D eigenvalue weighted by Gasteiger charge is 2.23. The van der Waals surface area contributed by atoms with E-state index in [1.807, 2.05) is 49.6 Å². The first-order valence-electron chi connectivity index (χ1n) is 11.2. The molecule has 1 N–H and O–H groups in total. The fourth-order valence-corrected chi connectivity index (χ4v) is 6.16. The van der Waals surface area contributed by atoms with Crippen molar-refractivity contribution in [1.82, 2.24) is 13.9 Å². The van der Waals surface area contributed by atoms with E-state index in [0.717, 1.165) is 16.8 Å². The smallest absolute Gasteiger partial charge is 0.243 e. The van der Waals surface area contributed by atoms with Crippen molar-refractivity contribution in [3.05, 3.63) is 48.0 Å². The Hall–Kier alpha value is -2.36. The Labute approximate surface area is 200 Å². The van der Waals surface area contributed by atoms with Crippen LogP contribution in [0.2, 0.25) is 0 Å². The molecule has 9 heteroatoms. The van der Waals surface area contributed by atoms with Crippen molar-refractivity contribution in [2.75, 3.05) is 24.2 Å². The van der Waals surface area contributed by atoms with Gasteiger partial charge < -0.3 is 9.88 Å². The molecule has 0 saturated heterocycles. The van der Waals surface area contributed by atoms with Gasteiger partial charge in [-0.2, -0.15) is 4.31 Å². The highest BCUT2D eigenvalue weighted by atomic mass is 32.2. The van der Waals surface area contributed by atoms with Gasteiger partial charge in [-0.25, -0.2) is 13.4 Å². The van der Waals surface area contributed by atoms with Gasteiger partial charge in [-0.3, -0.25) is 4.79 Å². The summed E-state index contributed by atoms with van der Waals surface area (Å²) in [6.07, 6.45) is 0. The lowest BCUT2D eigenvalue weighted by molar-refractivity contribution is -0.113. The van der Waals surface area contributed by atoms with Crippen LogP contribution < -0.4 is 5.32 Å². The standard InChI is InChI=1S/C24H32N4O3S2/c1-6-27(7-2)33(30,31)18-13-14-22-21(15-18)26-24(28(22)8-3)32-16-23(29)25-20-12-10-9-11-19(20)17(4)5/h9-15,17H,6-8,16H2,1-5H3,(H,25,29). The Morgan fingerprint density at radius 3 is 2.45 bits per heavy atom. The molecule has 1 amide bonds. The summed E-state index contributed by atoms with van der Waals surface area (Å²) in [7, 11) is -3.56. The molecule has 1 heterocycles. The molecule has 0 fully saturated rings. The number of rotatable bonds is 10. The van der Waals surface area contributed by atoms with Crippen LogP contribution in [0, 0.1) is 0 Å². The molecule has 0 unspecified atom stereocenters. The number of hydrogen-bond acceptors (Lipinski definition) is 5. The van der Waals surface area contributed by atoms with E-state index in [0.29, 0.717) is 36.2 Å². The Bertz CT molecular complexity index is 1230. The van der Waals surface area contributed by atoms with Crippen molar-refractivity contribution >= 4 is 44.4 Å². The van der Waals surface area contributed by atoms with Crippen molar-refractivity contribution < 1.29 is 13.2 Å². The number of carbonyl (C=O) groups is 1. The number of aromatic nitrogens is 2. The summed E-state index contributed by atoms with van der Waals surface area (Å²) in [5, 5.41) is 3.70. The van der Waals surface area contributed by atoms with E-state index >= 15 is 0 Å². The average Bonchev–Trinajstić information content (AvgIpc) is 3.15. The maximum Gasteiger partial charge on any atom is 0.243 e. The van der Waals surface area contributed by atoms with Crippen molar-refractivity contribution in [2.45, 2.75) is 57.1 Å². The molecule has 0 aliphatic rings. The van der Waals surface area contributed by atoms with Gasteiger partial charge in [0.15, 0.2) is 5.16 Å². The highest BCUT2D eigenvalue weighted by Crippen LogP contribution is 2.28. The van der Waals surface area contributed by atoms with Gasteiger partial charge in [0.05, 0.1) is 21.7 Å². The number of imidazole rings is 1. The van der Waals surface area contributed by atoms with E-state index in [4.69, 9.17) is 0 Å². The number of hydrogen-bond donors (Lipinski definition) is 1. The van der Waals surface area contributed by atoms with Crippen LogP contribution >= 0.6 is 11.8 Å². The van der Waals surface area contributed by atoms with Crippen LogP contribution in [0.15, 0.2) is 52.5 Å². The first-order chi connectivity index (χ1) is 15.7. The van der Waals surface area contributed by atoms with Gasteiger partial charge in [0.2, 0.25) is 15.9 Å². The third kappa shape index (κ3) is 5.42. The summed E-state index contributed by atoms with van der Waals surface area (Å²) in [4.78, 5) is 17.5. The number of thioether (sulfide) groups is 1. The number of amides is 1. The van der Waals surface area contributed by atoms with E-state index in [1.54, 1.807) is 18.2 Å². The van der Waals surface area contributed by atoms with Gasteiger partial charge in [0.1, 0.15) is 0 Å². The molecular weight excluding hydrogens is 456 g/mol. The molecule has 0 radical (unpaired) electrons. The van der Waals surface area contributed by atoms with Crippen LogP contribution in [0.1, 0.15) is 46.1 Å². The molecule has 0 spiro atoms. The third-order valence-corrected chi connectivity index (χ3v) is 8.56. The Morgan fingerprint density at radius 2 is 1.82 bits per heavy atom. The van der Waals surface area contributed by atoms with Crippen molar-refractivity contribution in [2.24, 2.45) is 0 Å². The highest BCUT2D eigenvalue weighted by molar-refractivity contribution is 7.99. The Morgan fingerprint density at radius 1 is 1.12 bits per heavy atom. The SMILES string of the molecule is CCN(CC)S(=O)(=O)c1ccc2c(c1)nc(SCC(=O)Nc1ccccc1C(C)C)n2CC. The summed E-state index contributed by atoms with van der Waals surface area (Å²) < 4.78 is 29.2. The average molecular weight is 489 g/mol. The molecule has 3 aromatic rings. The molecule has 3 rings (SSSR count). The summed E-state index contributed by atoms with van der Waals surface area (Å²) in [6, 6.07) is 12.9. The van der Waals surface area contributed by atoms with E-state index in [-0.39, 0.29) is 16.6 Å². The second-order valence-corrected chi connectivity index (χ2v) is 10.8. The molecule has 0 aliphatic carbocycles. The molecule has 0 atom stereocenters. The van der Waals surface area contributed by atoms with Crippen LogP contribution in [-0.2, 0) is 21.4 Å². The molecular formula is C24H32N4O3S2. The van der Waals surface area contributed by atoms with Crippen molar-refractivity contribution in [1.29, 1.82) is 0 Å². The second-order valence-electron chi connectivity index (χ2n) is 7.96. The Balaban J connectivity index is 1.82. The molecule has 0 aliphatic heterocycles. The fraction of sp³-hybridized carbons (Fsp3) is 0.417. The maximum absolute atomic E-state index is 12.9. The second kappa shape index (κ2) is 10.7. The Kier molecular flexibility index (Phi) is 8.20. The normalized spacial score (nSPS) is 12.1. The van der Waals surface area contributed by atoms with E-state index in [2.05, 4.69) is 24.1 Å². The monoisotopic (exact) mass is 488 g/mol. The van der Waals surface area contributed by atoms with Gasteiger partial charge in [0, 0.05) is 25.3 Å². The van der Waals surface area contributed by atoms with Gasteiger partial charge in [0.25, 0.3) is 0 Å². The zero-order valence-corrected chi connectivity index (χ0v) is 21.5. The van der Waals surface area contributed by atoms with Crippen LogP contribution in [-0.4, -0.2) is 47.0 Å². The topological polar surface area (TPSA) is 84.3 Å². The van der Waals surface area contributed by atoms with E-state index in [9.17, 15) is 13.2 Å². The summed E-state index contributed by atoms with van der Waals surface area (Å²) in [5.74, 6) is 0.410. The van der Waals surface area contributed by atoms with Crippen LogP contribution in [0.25, 0.3) is 11.0 Å². The summed E-state index contributed by atoms with van der Waals surface area (Å²) >= 11 is 1.35. The molecule has 2 aromatic carbocycles. The predicted octanol–water partition coefficient (Wildman–Crippen LogP) is 4.94. The molecule has 178 valence electrons. The fourth-order valence-electron chi connectivity index (χ4n) is 3.81. The zero-order chi connectivity index (χ0) is 24.2. The maximum atomic E-state index is 12.9. The number of fused-ring (bicyclic) bond motifs is 1. The minimum absolute atomic E-state index is 0.104. The van der Waals surface area contributed by atoms with E-state index < -0.39 is 10.0 Å².